The summed E-state index contributed by atoms with van der Waals surface area (Å²) in [6, 6.07) is 4.05. The Morgan fingerprint density at radius 3 is 2.74 bits per heavy atom. The number of hydrogen-bond acceptors (Lipinski definition) is 5. The van der Waals surface area contributed by atoms with Gasteiger partial charge in [0.05, 0.1) is 10.6 Å². The SMILES string of the molecule is CCOCCCn1c(-c2cccs2)cn2c3c(=O)n(C)c(=O)n(C)c3nc12. The predicted octanol–water partition coefficient (Wildman–Crippen LogP) is 1.84. The third-order valence-electron chi connectivity index (χ3n) is 4.70. The molecular formula is C18H21N5O3S. The van der Waals surface area contributed by atoms with Crippen molar-refractivity contribution in [1.82, 2.24) is 23.1 Å². The lowest BCUT2D eigenvalue weighted by molar-refractivity contribution is 0.142. The number of thiophene rings is 1. The molecule has 4 rings (SSSR count). The second-order valence-electron chi connectivity index (χ2n) is 6.35. The standard InChI is InChI=1S/C18H21N5O3S/c1-4-26-9-6-8-22-12(13-7-5-10-27-13)11-23-14-15(19-17(22)23)20(2)18(25)21(3)16(14)24/h5,7,10-11H,4,6,8-9H2,1-3H3. The number of hydrogen-bond donors (Lipinski definition) is 0. The molecule has 0 unspecified atom stereocenters. The van der Waals surface area contributed by atoms with Crippen LogP contribution in [0.4, 0.5) is 0 Å². The van der Waals surface area contributed by atoms with Gasteiger partial charge in [0.2, 0.25) is 5.78 Å². The van der Waals surface area contributed by atoms with E-state index in [1.165, 1.54) is 11.6 Å². The summed E-state index contributed by atoms with van der Waals surface area (Å²) in [6.45, 7) is 4.03. The van der Waals surface area contributed by atoms with Crippen LogP contribution in [-0.2, 0) is 25.4 Å². The summed E-state index contributed by atoms with van der Waals surface area (Å²) < 4.78 is 11.9. The van der Waals surface area contributed by atoms with Gasteiger partial charge in [0.1, 0.15) is 0 Å². The number of nitrogens with zero attached hydrogens (tertiary/aromatic N) is 5. The van der Waals surface area contributed by atoms with Gasteiger partial charge in [-0.15, -0.1) is 11.3 Å². The van der Waals surface area contributed by atoms with E-state index in [1.54, 1.807) is 22.8 Å². The Morgan fingerprint density at radius 2 is 2.04 bits per heavy atom. The van der Waals surface area contributed by atoms with Gasteiger partial charge in [-0.2, -0.15) is 4.98 Å². The first-order valence-corrected chi connectivity index (χ1v) is 9.71. The number of imidazole rings is 2. The lowest BCUT2D eigenvalue weighted by Gasteiger charge is -2.07. The fourth-order valence-corrected chi connectivity index (χ4v) is 4.07. The Hall–Kier alpha value is -2.65. The molecule has 0 aliphatic carbocycles. The molecule has 4 heterocycles. The van der Waals surface area contributed by atoms with Gasteiger partial charge in [-0.05, 0) is 24.8 Å². The van der Waals surface area contributed by atoms with E-state index in [9.17, 15) is 9.59 Å². The highest BCUT2D eigenvalue weighted by Crippen LogP contribution is 2.29. The van der Waals surface area contributed by atoms with Gasteiger partial charge >= 0.3 is 5.69 Å². The lowest BCUT2D eigenvalue weighted by Crippen LogP contribution is -2.37. The highest BCUT2D eigenvalue weighted by Gasteiger charge is 2.20. The van der Waals surface area contributed by atoms with Gasteiger partial charge in [0, 0.05) is 40.1 Å². The van der Waals surface area contributed by atoms with E-state index < -0.39 is 0 Å². The molecule has 0 aromatic carbocycles. The summed E-state index contributed by atoms with van der Waals surface area (Å²) in [7, 11) is 3.12. The Morgan fingerprint density at radius 1 is 1.22 bits per heavy atom. The molecule has 0 spiro atoms. The summed E-state index contributed by atoms with van der Waals surface area (Å²) in [4.78, 5) is 30.7. The number of fused-ring (bicyclic) bond motifs is 3. The van der Waals surface area contributed by atoms with Crippen molar-refractivity contribution in [2.45, 2.75) is 19.9 Å². The fourth-order valence-electron chi connectivity index (χ4n) is 3.33. The average molecular weight is 387 g/mol. The lowest BCUT2D eigenvalue weighted by atomic mass is 10.3. The highest BCUT2D eigenvalue weighted by atomic mass is 32.1. The van der Waals surface area contributed by atoms with E-state index >= 15 is 0 Å². The summed E-state index contributed by atoms with van der Waals surface area (Å²) in [5.74, 6) is 0.656. The first-order valence-electron chi connectivity index (χ1n) is 8.83. The number of ether oxygens (including phenoxy) is 1. The Bertz CT molecular complexity index is 1230. The maximum Gasteiger partial charge on any atom is 0.332 e. The maximum atomic E-state index is 12.7. The summed E-state index contributed by atoms with van der Waals surface area (Å²) >= 11 is 1.64. The molecule has 0 saturated heterocycles. The molecule has 0 aliphatic heterocycles. The third kappa shape index (κ3) is 2.74. The average Bonchev–Trinajstić information content (AvgIpc) is 3.37. The molecule has 0 saturated carbocycles. The zero-order valence-electron chi connectivity index (χ0n) is 15.5. The molecule has 27 heavy (non-hydrogen) atoms. The van der Waals surface area contributed by atoms with Gasteiger partial charge in [-0.25, -0.2) is 4.79 Å². The minimum atomic E-state index is -0.380. The molecular weight excluding hydrogens is 366 g/mol. The van der Waals surface area contributed by atoms with Gasteiger partial charge in [0.15, 0.2) is 11.2 Å². The molecule has 0 atom stereocenters. The molecule has 0 N–H and O–H groups in total. The Balaban J connectivity index is 1.98. The van der Waals surface area contributed by atoms with Gasteiger partial charge in [-0.1, -0.05) is 6.07 Å². The summed E-state index contributed by atoms with van der Waals surface area (Å²) in [5.41, 5.74) is 1.09. The van der Waals surface area contributed by atoms with Crippen molar-refractivity contribution in [3.05, 3.63) is 44.5 Å². The fraction of sp³-hybridized carbons (Fsp3) is 0.389. The topological polar surface area (TPSA) is 75.5 Å². The van der Waals surface area contributed by atoms with Gasteiger partial charge < -0.3 is 9.30 Å². The Labute approximate surface area is 158 Å². The second-order valence-corrected chi connectivity index (χ2v) is 7.30. The van der Waals surface area contributed by atoms with E-state index in [1.807, 2.05) is 24.6 Å². The van der Waals surface area contributed by atoms with Crippen molar-refractivity contribution in [2.24, 2.45) is 14.1 Å². The van der Waals surface area contributed by atoms with E-state index in [0.717, 1.165) is 21.6 Å². The van der Waals surface area contributed by atoms with Crippen LogP contribution in [0.3, 0.4) is 0 Å². The minimum Gasteiger partial charge on any atom is -0.382 e. The molecule has 0 bridgehead atoms. The van der Waals surface area contributed by atoms with Crippen LogP contribution in [0.5, 0.6) is 0 Å². The largest absolute Gasteiger partial charge is 0.382 e. The molecule has 4 aromatic heterocycles. The Kier molecular flexibility index (Phi) is 4.48. The predicted molar refractivity (Wildman–Crippen MR) is 106 cm³/mol. The van der Waals surface area contributed by atoms with Crippen LogP contribution < -0.4 is 11.2 Å². The molecule has 0 radical (unpaired) electrons. The van der Waals surface area contributed by atoms with Crippen LogP contribution in [0.15, 0.2) is 33.3 Å². The normalized spacial score (nSPS) is 11.8. The zero-order chi connectivity index (χ0) is 19.1. The molecule has 9 heteroatoms. The first kappa shape index (κ1) is 17.7. The number of aryl methyl sites for hydroxylation is 2. The molecule has 4 aromatic rings. The van der Waals surface area contributed by atoms with E-state index in [0.29, 0.717) is 36.7 Å². The van der Waals surface area contributed by atoms with Crippen LogP contribution in [0, 0.1) is 0 Å². The second kappa shape index (κ2) is 6.82. The van der Waals surface area contributed by atoms with Crippen LogP contribution in [-0.4, -0.2) is 36.3 Å². The smallest absolute Gasteiger partial charge is 0.332 e. The maximum absolute atomic E-state index is 12.7. The highest BCUT2D eigenvalue weighted by molar-refractivity contribution is 7.13. The monoisotopic (exact) mass is 387 g/mol. The van der Waals surface area contributed by atoms with E-state index in [4.69, 9.17) is 4.74 Å². The van der Waals surface area contributed by atoms with Crippen molar-refractivity contribution >= 4 is 28.3 Å². The third-order valence-corrected chi connectivity index (χ3v) is 5.60. The van der Waals surface area contributed by atoms with Crippen LogP contribution in [0.25, 0.3) is 27.5 Å². The van der Waals surface area contributed by atoms with Crippen molar-refractivity contribution in [2.75, 3.05) is 13.2 Å². The van der Waals surface area contributed by atoms with Crippen LogP contribution in [0.1, 0.15) is 13.3 Å². The van der Waals surface area contributed by atoms with Gasteiger partial charge in [0.25, 0.3) is 5.56 Å². The summed E-state index contributed by atoms with van der Waals surface area (Å²) in [5, 5.41) is 2.02. The molecule has 8 nitrogen and oxygen atoms in total. The molecule has 142 valence electrons. The summed E-state index contributed by atoms with van der Waals surface area (Å²) in [6.07, 6.45) is 2.76. The van der Waals surface area contributed by atoms with Crippen molar-refractivity contribution in [1.29, 1.82) is 0 Å². The molecule has 0 amide bonds. The van der Waals surface area contributed by atoms with Crippen molar-refractivity contribution in [3.8, 4) is 10.6 Å². The minimum absolute atomic E-state index is 0.343. The van der Waals surface area contributed by atoms with Gasteiger partial charge in [-0.3, -0.25) is 18.3 Å². The number of rotatable bonds is 6. The molecule has 0 aliphatic rings. The quantitative estimate of drug-likeness (QED) is 0.473. The van der Waals surface area contributed by atoms with Crippen molar-refractivity contribution < 1.29 is 4.74 Å². The molecule has 0 fully saturated rings. The zero-order valence-corrected chi connectivity index (χ0v) is 16.3. The van der Waals surface area contributed by atoms with Crippen LogP contribution in [0.2, 0.25) is 0 Å². The van der Waals surface area contributed by atoms with E-state index in [-0.39, 0.29) is 11.2 Å². The first-order chi connectivity index (χ1) is 13.0. The van der Waals surface area contributed by atoms with Crippen LogP contribution >= 0.6 is 11.3 Å². The number of aromatic nitrogens is 5. The van der Waals surface area contributed by atoms with Crippen molar-refractivity contribution in [3.63, 3.8) is 0 Å². The van der Waals surface area contributed by atoms with E-state index in [2.05, 4.69) is 15.6 Å².